The van der Waals surface area contributed by atoms with E-state index >= 15 is 0 Å². The van der Waals surface area contributed by atoms with Gasteiger partial charge in [0.15, 0.2) is 17.4 Å². The fraction of sp³-hybridized carbons (Fsp3) is 0.632. The number of nitrogens with one attached hydrogen (secondary N) is 2. The zero-order valence-electron chi connectivity index (χ0n) is 16.8. The number of fused-ring (bicyclic) bond motifs is 1. The lowest BCUT2D eigenvalue weighted by Gasteiger charge is -2.43. The summed E-state index contributed by atoms with van der Waals surface area (Å²) in [5.74, 6) is 2.44. The second kappa shape index (κ2) is 9.68. The molecule has 7 nitrogen and oxygen atoms in total. The first-order valence-corrected chi connectivity index (χ1v) is 9.48. The van der Waals surface area contributed by atoms with Crippen molar-refractivity contribution in [3.05, 3.63) is 30.2 Å². The molecule has 8 heteroatoms. The normalized spacial score (nSPS) is 19.0. The zero-order valence-corrected chi connectivity index (χ0v) is 19.1. The van der Waals surface area contributed by atoms with Crippen molar-refractivity contribution in [2.45, 2.75) is 45.7 Å². The maximum Gasteiger partial charge on any atom is 0.191 e. The summed E-state index contributed by atoms with van der Waals surface area (Å²) in [4.78, 5) is 6.94. The highest BCUT2D eigenvalue weighted by Gasteiger charge is 2.30. The lowest BCUT2D eigenvalue weighted by Crippen LogP contribution is -2.55. The summed E-state index contributed by atoms with van der Waals surface area (Å²) in [6.45, 7) is 10.7. The van der Waals surface area contributed by atoms with Gasteiger partial charge in [-0.15, -0.1) is 34.2 Å². The first-order chi connectivity index (χ1) is 12.5. The molecule has 0 aliphatic carbocycles. The highest BCUT2D eigenvalue weighted by molar-refractivity contribution is 14.0. The third kappa shape index (κ3) is 5.54. The van der Waals surface area contributed by atoms with Crippen LogP contribution in [0.2, 0.25) is 0 Å². The summed E-state index contributed by atoms with van der Waals surface area (Å²) in [5.41, 5.74) is 0.945. The fourth-order valence-electron chi connectivity index (χ4n) is 3.55. The molecule has 0 aromatic carbocycles. The summed E-state index contributed by atoms with van der Waals surface area (Å²) < 4.78 is 1.99. The van der Waals surface area contributed by atoms with Crippen LogP contribution in [0.15, 0.2) is 29.4 Å². The van der Waals surface area contributed by atoms with Gasteiger partial charge in [-0.3, -0.25) is 14.3 Å². The van der Waals surface area contributed by atoms with Crippen LogP contribution in [-0.2, 0) is 6.54 Å². The second-order valence-electron chi connectivity index (χ2n) is 7.83. The fourth-order valence-corrected chi connectivity index (χ4v) is 3.55. The number of rotatable bonds is 5. The first-order valence-electron chi connectivity index (χ1n) is 9.48. The zero-order chi connectivity index (χ0) is 18.6. The Kier molecular flexibility index (Phi) is 7.84. The summed E-state index contributed by atoms with van der Waals surface area (Å²) in [5, 5.41) is 15.3. The number of hydrogen-bond acceptors (Lipinski definition) is 4. The van der Waals surface area contributed by atoms with Crippen molar-refractivity contribution in [1.82, 2.24) is 30.1 Å². The Balaban J connectivity index is 0.00000261. The molecule has 1 saturated heterocycles. The van der Waals surface area contributed by atoms with Gasteiger partial charge >= 0.3 is 0 Å². The van der Waals surface area contributed by atoms with Gasteiger partial charge in [0.05, 0.1) is 6.54 Å². The molecule has 1 unspecified atom stereocenters. The van der Waals surface area contributed by atoms with Crippen molar-refractivity contribution < 1.29 is 0 Å². The van der Waals surface area contributed by atoms with Crippen molar-refractivity contribution in [1.29, 1.82) is 0 Å². The topological polar surface area (TPSA) is 69.8 Å². The molecular weight excluding hydrogens is 453 g/mol. The number of halogens is 1. The van der Waals surface area contributed by atoms with Gasteiger partial charge in [0.1, 0.15) is 0 Å². The molecule has 2 aromatic rings. The Morgan fingerprint density at radius 2 is 2.11 bits per heavy atom. The molecule has 3 rings (SSSR count). The summed E-state index contributed by atoms with van der Waals surface area (Å²) >= 11 is 0. The quantitative estimate of drug-likeness (QED) is 0.387. The Morgan fingerprint density at radius 3 is 2.85 bits per heavy atom. The number of nitrogens with zero attached hydrogens (tertiary/aromatic N) is 5. The minimum Gasteiger partial charge on any atom is -0.355 e. The van der Waals surface area contributed by atoms with Crippen LogP contribution < -0.4 is 10.6 Å². The molecule has 1 aliphatic rings. The van der Waals surface area contributed by atoms with E-state index in [9.17, 15) is 0 Å². The number of aromatic nitrogens is 3. The number of hydrogen-bond donors (Lipinski definition) is 2. The standard InChI is InChI=1S/C19H31N7.HI/c1-15-8-7-10-25(13-15)19(2,3)14-22-18(20-4)21-12-17-24-23-16-9-5-6-11-26(16)17;/h5-6,9,11,15H,7-8,10,12-14H2,1-4H3,(H2,20,21,22);1H. The third-order valence-corrected chi connectivity index (χ3v) is 5.22. The van der Waals surface area contributed by atoms with E-state index in [0.717, 1.165) is 29.9 Å². The maximum absolute atomic E-state index is 4.35. The molecule has 3 heterocycles. The number of likely N-dealkylation sites (tertiary alicyclic amines) is 1. The van der Waals surface area contributed by atoms with E-state index < -0.39 is 0 Å². The molecule has 1 aliphatic heterocycles. The number of guanidine groups is 1. The van der Waals surface area contributed by atoms with E-state index in [1.54, 1.807) is 7.05 Å². The molecule has 150 valence electrons. The van der Waals surface area contributed by atoms with E-state index in [-0.39, 0.29) is 29.5 Å². The van der Waals surface area contributed by atoms with Crippen LogP contribution in [0.3, 0.4) is 0 Å². The van der Waals surface area contributed by atoms with Gasteiger partial charge in [-0.1, -0.05) is 13.0 Å². The Labute approximate surface area is 179 Å². The molecular formula is C19H32IN7. The third-order valence-electron chi connectivity index (χ3n) is 5.22. The molecule has 0 bridgehead atoms. The Hall–Kier alpha value is -1.42. The summed E-state index contributed by atoms with van der Waals surface area (Å²) in [7, 11) is 1.80. The molecule has 27 heavy (non-hydrogen) atoms. The van der Waals surface area contributed by atoms with Crippen LogP contribution in [0, 0.1) is 5.92 Å². The molecule has 1 atom stereocenters. The van der Waals surface area contributed by atoms with E-state index in [4.69, 9.17) is 0 Å². The van der Waals surface area contributed by atoms with Gasteiger partial charge in [0.2, 0.25) is 0 Å². The molecule has 2 N–H and O–H groups in total. The van der Waals surface area contributed by atoms with Gasteiger partial charge in [-0.25, -0.2) is 0 Å². The second-order valence-corrected chi connectivity index (χ2v) is 7.83. The SMILES string of the molecule is CN=C(NCc1nnc2ccccn12)NCC(C)(C)N1CCCC(C)C1.I. The van der Waals surface area contributed by atoms with E-state index in [1.807, 2.05) is 28.8 Å². The minimum absolute atomic E-state index is 0. The van der Waals surface area contributed by atoms with Crippen molar-refractivity contribution in [3.8, 4) is 0 Å². The molecule has 0 spiro atoms. The Morgan fingerprint density at radius 1 is 1.30 bits per heavy atom. The van der Waals surface area contributed by atoms with Crippen LogP contribution in [0.1, 0.15) is 39.4 Å². The van der Waals surface area contributed by atoms with Crippen LogP contribution in [-0.4, -0.2) is 57.7 Å². The van der Waals surface area contributed by atoms with E-state index in [0.29, 0.717) is 6.54 Å². The number of pyridine rings is 1. The van der Waals surface area contributed by atoms with Crippen molar-refractivity contribution in [3.63, 3.8) is 0 Å². The molecule has 1 fully saturated rings. The van der Waals surface area contributed by atoms with Gasteiger partial charge in [-0.05, 0) is 51.3 Å². The molecule has 0 radical (unpaired) electrons. The lowest BCUT2D eigenvalue weighted by atomic mass is 9.93. The monoisotopic (exact) mass is 485 g/mol. The number of aliphatic imine (C=N–C) groups is 1. The molecule has 0 saturated carbocycles. The molecule has 0 amide bonds. The Bertz CT molecular complexity index is 755. The van der Waals surface area contributed by atoms with Crippen LogP contribution in [0.25, 0.3) is 5.65 Å². The van der Waals surface area contributed by atoms with Crippen molar-refractivity contribution >= 4 is 35.6 Å². The van der Waals surface area contributed by atoms with Crippen LogP contribution in [0.4, 0.5) is 0 Å². The van der Waals surface area contributed by atoms with E-state index in [2.05, 4.69) is 51.5 Å². The summed E-state index contributed by atoms with van der Waals surface area (Å²) in [6, 6.07) is 5.89. The highest BCUT2D eigenvalue weighted by Crippen LogP contribution is 2.23. The summed E-state index contributed by atoms with van der Waals surface area (Å²) in [6.07, 6.45) is 4.61. The van der Waals surface area contributed by atoms with Gasteiger partial charge in [0.25, 0.3) is 0 Å². The van der Waals surface area contributed by atoms with Gasteiger partial charge in [0, 0.05) is 31.9 Å². The van der Waals surface area contributed by atoms with Crippen LogP contribution >= 0.6 is 24.0 Å². The molecule has 2 aromatic heterocycles. The van der Waals surface area contributed by atoms with Crippen molar-refractivity contribution in [2.24, 2.45) is 10.9 Å². The first kappa shape index (κ1) is 21.9. The van der Waals surface area contributed by atoms with Gasteiger partial charge < -0.3 is 10.6 Å². The van der Waals surface area contributed by atoms with Crippen LogP contribution in [0.5, 0.6) is 0 Å². The predicted octanol–water partition coefficient (Wildman–Crippen LogP) is 2.52. The lowest BCUT2D eigenvalue weighted by molar-refractivity contribution is 0.0739. The maximum atomic E-state index is 4.35. The van der Waals surface area contributed by atoms with E-state index in [1.165, 1.54) is 25.9 Å². The minimum atomic E-state index is 0. The largest absolute Gasteiger partial charge is 0.355 e. The number of piperidine rings is 1. The van der Waals surface area contributed by atoms with Gasteiger partial charge in [-0.2, -0.15) is 0 Å². The average molecular weight is 485 g/mol. The predicted molar refractivity (Wildman–Crippen MR) is 121 cm³/mol. The highest BCUT2D eigenvalue weighted by atomic mass is 127. The smallest absolute Gasteiger partial charge is 0.191 e. The average Bonchev–Trinajstić information content (AvgIpc) is 3.05. The van der Waals surface area contributed by atoms with Crippen molar-refractivity contribution in [2.75, 3.05) is 26.7 Å².